The van der Waals surface area contributed by atoms with Crippen molar-refractivity contribution in [3.8, 4) is 6.07 Å². The van der Waals surface area contributed by atoms with Gasteiger partial charge in [-0.1, -0.05) is 32.4 Å². The van der Waals surface area contributed by atoms with Crippen LogP contribution in [-0.4, -0.2) is 6.04 Å². The van der Waals surface area contributed by atoms with Crippen LogP contribution in [0.25, 0.3) is 0 Å². The highest BCUT2D eigenvalue weighted by molar-refractivity contribution is 6.31. The molecule has 0 aliphatic heterocycles. The molecule has 2 fully saturated rings. The molecule has 0 aromatic heterocycles. The Balaban J connectivity index is 1.90. The number of halogens is 1. The molecule has 1 aromatic carbocycles. The van der Waals surface area contributed by atoms with Crippen molar-refractivity contribution in [2.75, 3.05) is 5.32 Å². The third-order valence-electron chi connectivity index (χ3n) is 5.67. The molecule has 2 nitrogen and oxygen atoms in total. The summed E-state index contributed by atoms with van der Waals surface area (Å²) in [6, 6.07) is 8.27. The van der Waals surface area contributed by atoms with Crippen LogP contribution >= 0.6 is 11.6 Å². The SMILES string of the molecule is CC12CCC(C1)C(C)(C)C2Nc1ccc(Cl)c(C#N)c1. The molecule has 1 aromatic rings. The van der Waals surface area contributed by atoms with E-state index in [1.807, 2.05) is 18.2 Å². The predicted molar refractivity (Wildman–Crippen MR) is 82.8 cm³/mol. The minimum Gasteiger partial charge on any atom is -0.381 e. The van der Waals surface area contributed by atoms with Gasteiger partial charge in [-0.3, -0.25) is 0 Å². The van der Waals surface area contributed by atoms with E-state index in [1.165, 1.54) is 19.3 Å². The lowest BCUT2D eigenvalue weighted by atomic mass is 9.68. The smallest absolute Gasteiger partial charge is 0.101 e. The first-order chi connectivity index (χ1) is 9.37. The average molecular weight is 289 g/mol. The molecular formula is C17H21ClN2. The van der Waals surface area contributed by atoms with Gasteiger partial charge in [-0.2, -0.15) is 5.26 Å². The molecule has 0 saturated heterocycles. The molecule has 1 N–H and O–H groups in total. The molecule has 0 amide bonds. The first-order valence-electron chi connectivity index (χ1n) is 7.33. The van der Waals surface area contributed by atoms with Crippen LogP contribution in [0.5, 0.6) is 0 Å². The van der Waals surface area contributed by atoms with Crippen molar-refractivity contribution in [1.29, 1.82) is 5.26 Å². The Hall–Kier alpha value is -1.20. The van der Waals surface area contributed by atoms with Crippen molar-refractivity contribution in [2.24, 2.45) is 16.7 Å². The zero-order valence-electron chi connectivity index (χ0n) is 12.3. The number of rotatable bonds is 2. The molecule has 0 radical (unpaired) electrons. The van der Waals surface area contributed by atoms with E-state index >= 15 is 0 Å². The molecule has 0 spiro atoms. The van der Waals surface area contributed by atoms with Crippen molar-refractivity contribution < 1.29 is 0 Å². The first-order valence-corrected chi connectivity index (χ1v) is 7.71. The zero-order valence-corrected chi connectivity index (χ0v) is 13.1. The fourth-order valence-electron chi connectivity index (χ4n) is 4.53. The maximum absolute atomic E-state index is 9.10. The molecule has 3 unspecified atom stereocenters. The Morgan fingerprint density at radius 3 is 2.70 bits per heavy atom. The second-order valence-corrected chi connectivity index (χ2v) is 7.71. The van der Waals surface area contributed by atoms with Gasteiger partial charge in [0.15, 0.2) is 0 Å². The maximum atomic E-state index is 9.10. The van der Waals surface area contributed by atoms with Gasteiger partial charge in [0.2, 0.25) is 0 Å². The van der Waals surface area contributed by atoms with Crippen molar-refractivity contribution in [3.05, 3.63) is 28.8 Å². The number of nitrogens with zero attached hydrogens (tertiary/aromatic N) is 1. The van der Waals surface area contributed by atoms with E-state index in [0.717, 1.165) is 11.6 Å². The van der Waals surface area contributed by atoms with Crippen LogP contribution in [0.1, 0.15) is 45.6 Å². The monoisotopic (exact) mass is 288 g/mol. The molecule has 20 heavy (non-hydrogen) atoms. The molecule has 3 heteroatoms. The van der Waals surface area contributed by atoms with Crippen molar-refractivity contribution in [2.45, 2.75) is 46.1 Å². The van der Waals surface area contributed by atoms with Crippen LogP contribution in [0.15, 0.2) is 18.2 Å². The summed E-state index contributed by atoms with van der Waals surface area (Å²) in [5.74, 6) is 0.813. The largest absolute Gasteiger partial charge is 0.381 e. The van der Waals surface area contributed by atoms with Crippen LogP contribution in [0.3, 0.4) is 0 Å². The standard InChI is InChI=1S/C17H21ClN2/c1-16(2)12-6-7-17(3,9-12)15(16)20-13-4-5-14(18)11(8-13)10-19/h4-5,8,12,15,20H,6-7,9H2,1-3H3. The van der Waals surface area contributed by atoms with Gasteiger partial charge in [0, 0.05) is 11.7 Å². The first kappa shape index (κ1) is 13.8. The minimum absolute atomic E-state index is 0.305. The molecule has 2 aliphatic carbocycles. The number of nitrogens with one attached hydrogen (secondary N) is 1. The lowest BCUT2D eigenvalue weighted by Crippen LogP contribution is -2.45. The number of fused-ring (bicyclic) bond motifs is 2. The topological polar surface area (TPSA) is 35.8 Å². The lowest BCUT2D eigenvalue weighted by molar-refractivity contribution is 0.155. The Labute approximate surface area is 126 Å². The fourth-order valence-corrected chi connectivity index (χ4v) is 4.69. The van der Waals surface area contributed by atoms with Gasteiger partial charge < -0.3 is 5.32 Å². The fraction of sp³-hybridized carbons (Fsp3) is 0.588. The molecule has 0 heterocycles. The van der Waals surface area contributed by atoms with Crippen LogP contribution in [0.2, 0.25) is 5.02 Å². The molecule has 2 saturated carbocycles. The van der Waals surface area contributed by atoms with E-state index in [9.17, 15) is 0 Å². The third-order valence-corrected chi connectivity index (χ3v) is 6.00. The summed E-state index contributed by atoms with van der Waals surface area (Å²) in [5, 5.41) is 13.3. The summed E-state index contributed by atoms with van der Waals surface area (Å²) < 4.78 is 0. The number of nitriles is 1. The Morgan fingerprint density at radius 2 is 2.10 bits per heavy atom. The van der Waals surface area contributed by atoms with E-state index < -0.39 is 0 Å². The van der Waals surface area contributed by atoms with Crippen molar-refractivity contribution >= 4 is 17.3 Å². The summed E-state index contributed by atoms with van der Waals surface area (Å²) in [6.07, 6.45) is 3.97. The van der Waals surface area contributed by atoms with Gasteiger partial charge in [0.1, 0.15) is 6.07 Å². The quantitative estimate of drug-likeness (QED) is 0.845. The van der Waals surface area contributed by atoms with E-state index in [4.69, 9.17) is 16.9 Å². The summed E-state index contributed by atoms with van der Waals surface area (Å²) in [5.41, 5.74) is 2.24. The normalized spacial score (nSPS) is 34.0. The van der Waals surface area contributed by atoms with E-state index in [1.54, 1.807) is 0 Å². The summed E-state index contributed by atoms with van der Waals surface area (Å²) in [4.78, 5) is 0. The van der Waals surface area contributed by atoms with E-state index in [0.29, 0.717) is 27.5 Å². The Morgan fingerprint density at radius 1 is 1.35 bits per heavy atom. The van der Waals surface area contributed by atoms with Crippen molar-refractivity contribution in [3.63, 3.8) is 0 Å². The van der Waals surface area contributed by atoms with Gasteiger partial charge in [-0.05, 0) is 54.2 Å². The average Bonchev–Trinajstić information content (AvgIpc) is 2.87. The second-order valence-electron chi connectivity index (χ2n) is 7.30. The van der Waals surface area contributed by atoms with E-state index in [-0.39, 0.29) is 0 Å². The Kier molecular flexibility index (Phi) is 3.03. The summed E-state index contributed by atoms with van der Waals surface area (Å²) in [7, 11) is 0. The highest BCUT2D eigenvalue weighted by atomic mass is 35.5. The molecule has 2 aliphatic rings. The van der Waals surface area contributed by atoms with Gasteiger partial charge in [-0.15, -0.1) is 0 Å². The Bertz CT molecular complexity index is 582. The molecular weight excluding hydrogens is 268 g/mol. The maximum Gasteiger partial charge on any atom is 0.101 e. The second kappa shape index (κ2) is 4.40. The van der Waals surface area contributed by atoms with E-state index in [2.05, 4.69) is 32.2 Å². The summed E-state index contributed by atoms with van der Waals surface area (Å²) in [6.45, 7) is 7.16. The number of anilines is 1. The van der Waals surface area contributed by atoms with Crippen LogP contribution in [0, 0.1) is 28.1 Å². The van der Waals surface area contributed by atoms with Gasteiger partial charge in [-0.25, -0.2) is 0 Å². The molecule has 2 bridgehead atoms. The van der Waals surface area contributed by atoms with Gasteiger partial charge in [0.25, 0.3) is 0 Å². The highest BCUT2D eigenvalue weighted by Crippen LogP contribution is 2.63. The van der Waals surface area contributed by atoms with Crippen molar-refractivity contribution in [1.82, 2.24) is 0 Å². The van der Waals surface area contributed by atoms with Crippen LogP contribution in [-0.2, 0) is 0 Å². The molecule has 106 valence electrons. The minimum atomic E-state index is 0.305. The van der Waals surface area contributed by atoms with Gasteiger partial charge >= 0.3 is 0 Å². The molecule has 3 rings (SSSR count). The summed E-state index contributed by atoms with van der Waals surface area (Å²) >= 11 is 6.01. The number of hydrogen-bond acceptors (Lipinski definition) is 2. The number of hydrogen-bond donors (Lipinski definition) is 1. The van der Waals surface area contributed by atoms with Gasteiger partial charge in [0.05, 0.1) is 10.6 Å². The highest BCUT2D eigenvalue weighted by Gasteiger charge is 2.59. The van der Waals surface area contributed by atoms with Crippen LogP contribution < -0.4 is 5.32 Å². The lowest BCUT2D eigenvalue weighted by Gasteiger charge is -2.43. The number of benzene rings is 1. The zero-order chi connectivity index (χ0) is 14.5. The third kappa shape index (κ3) is 1.91. The predicted octanol–water partition coefficient (Wildman–Crippen LogP) is 4.84. The molecule has 3 atom stereocenters. The van der Waals surface area contributed by atoms with Crippen LogP contribution in [0.4, 0.5) is 5.69 Å².